The highest BCUT2D eigenvalue weighted by molar-refractivity contribution is 6.30. The molecule has 0 fully saturated rings. The number of benzene rings is 2. The summed E-state index contributed by atoms with van der Waals surface area (Å²) in [4.78, 5) is 11.9. The zero-order valence-corrected chi connectivity index (χ0v) is 12.6. The molecule has 5 heteroatoms. The topological polar surface area (TPSA) is 50.4 Å². The third-order valence-electron chi connectivity index (χ3n) is 3.05. The van der Waals surface area contributed by atoms with Crippen molar-refractivity contribution in [3.05, 3.63) is 59.1 Å². The Bertz CT molecular complexity index is 614. The summed E-state index contributed by atoms with van der Waals surface area (Å²) in [5, 5.41) is 6.19. The molecule has 0 radical (unpaired) electrons. The number of ether oxygens (including phenoxy) is 1. The van der Waals surface area contributed by atoms with Crippen LogP contribution in [0.4, 0.5) is 10.5 Å². The molecule has 0 heterocycles. The number of amides is 2. The maximum absolute atomic E-state index is 11.9. The summed E-state index contributed by atoms with van der Waals surface area (Å²) in [6, 6.07) is 14.2. The Kier molecular flexibility index (Phi) is 5.06. The molecular weight excluding hydrogens is 288 g/mol. The van der Waals surface area contributed by atoms with Gasteiger partial charge in [-0.15, -0.1) is 0 Å². The monoisotopic (exact) mass is 304 g/mol. The van der Waals surface area contributed by atoms with Crippen molar-refractivity contribution in [2.24, 2.45) is 0 Å². The second-order valence-corrected chi connectivity index (χ2v) is 5.04. The molecule has 2 aromatic rings. The molecule has 2 N–H and O–H groups in total. The van der Waals surface area contributed by atoms with Crippen molar-refractivity contribution in [1.82, 2.24) is 5.32 Å². The summed E-state index contributed by atoms with van der Waals surface area (Å²) in [7, 11) is 1.62. The summed E-state index contributed by atoms with van der Waals surface area (Å²) >= 11 is 5.87. The predicted octanol–water partition coefficient (Wildman–Crippen LogP) is 4.23. The molecule has 0 aliphatic rings. The molecule has 110 valence electrons. The summed E-state index contributed by atoms with van der Waals surface area (Å²) in [6.45, 7) is 1.92. The number of hydrogen-bond donors (Lipinski definition) is 2. The van der Waals surface area contributed by atoms with E-state index in [2.05, 4.69) is 10.6 Å². The van der Waals surface area contributed by atoms with E-state index < -0.39 is 0 Å². The van der Waals surface area contributed by atoms with Crippen LogP contribution >= 0.6 is 11.6 Å². The number of nitrogens with one attached hydrogen (secondary N) is 2. The average molecular weight is 305 g/mol. The number of urea groups is 1. The first-order valence-corrected chi connectivity index (χ1v) is 6.93. The van der Waals surface area contributed by atoms with Gasteiger partial charge in [0.05, 0.1) is 13.2 Å². The van der Waals surface area contributed by atoms with Gasteiger partial charge in [0.1, 0.15) is 5.75 Å². The van der Waals surface area contributed by atoms with Gasteiger partial charge in [0, 0.05) is 10.7 Å². The smallest absolute Gasteiger partial charge is 0.319 e. The maximum Gasteiger partial charge on any atom is 0.319 e. The number of hydrogen-bond acceptors (Lipinski definition) is 2. The zero-order valence-electron chi connectivity index (χ0n) is 11.9. The van der Waals surface area contributed by atoms with E-state index in [1.54, 1.807) is 31.4 Å². The summed E-state index contributed by atoms with van der Waals surface area (Å²) < 4.78 is 5.11. The predicted molar refractivity (Wildman–Crippen MR) is 85.0 cm³/mol. The van der Waals surface area contributed by atoms with Gasteiger partial charge < -0.3 is 15.4 Å². The molecule has 0 aliphatic heterocycles. The lowest BCUT2D eigenvalue weighted by Crippen LogP contribution is -2.31. The molecule has 2 rings (SSSR count). The second-order valence-electron chi connectivity index (χ2n) is 4.60. The molecule has 2 amide bonds. The molecule has 0 saturated carbocycles. The van der Waals surface area contributed by atoms with E-state index in [1.807, 2.05) is 31.2 Å². The Morgan fingerprint density at radius 2 is 1.90 bits per heavy atom. The maximum atomic E-state index is 11.9. The van der Waals surface area contributed by atoms with Crippen LogP contribution in [0.15, 0.2) is 48.5 Å². The standard InChI is InChI=1S/C16H17ClN2O2/c1-11(12-6-8-15(21-2)9-7-12)18-16(20)19-14-5-3-4-13(17)10-14/h3-11H,1-2H3,(H2,18,19,20). The van der Waals surface area contributed by atoms with Gasteiger partial charge in [0.25, 0.3) is 0 Å². The normalized spacial score (nSPS) is 11.6. The van der Waals surface area contributed by atoms with Crippen molar-refractivity contribution in [3.8, 4) is 5.75 Å². The lowest BCUT2D eigenvalue weighted by atomic mass is 10.1. The fraction of sp³-hybridized carbons (Fsp3) is 0.188. The van der Waals surface area contributed by atoms with Crippen LogP contribution in [0.3, 0.4) is 0 Å². The van der Waals surface area contributed by atoms with E-state index >= 15 is 0 Å². The van der Waals surface area contributed by atoms with E-state index in [9.17, 15) is 4.79 Å². The van der Waals surface area contributed by atoms with Crippen molar-refractivity contribution in [2.45, 2.75) is 13.0 Å². The first-order valence-electron chi connectivity index (χ1n) is 6.55. The van der Waals surface area contributed by atoms with Crippen LogP contribution in [-0.2, 0) is 0 Å². The molecule has 0 spiro atoms. The molecule has 1 atom stereocenters. The Hall–Kier alpha value is -2.20. The van der Waals surface area contributed by atoms with Gasteiger partial charge in [-0.3, -0.25) is 0 Å². The number of carbonyl (C=O) groups is 1. The van der Waals surface area contributed by atoms with Gasteiger partial charge in [-0.05, 0) is 42.8 Å². The highest BCUT2D eigenvalue weighted by Gasteiger charge is 2.09. The molecule has 4 nitrogen and oxygen atoms in total. The minimum atomic E-state index is -0.277. The molecule has 21 heavy (non-hydrogen) atoms. The van der Waals surface area contributed by atoms with Crippen LogP contribution in [0, 0.1) is 0 Å². The van der Waals surface area contributed by atoms with Crippen LogP contribution in [0.1, 0.15) is 18.5 Å². The van der Waals surface area contributed by atoms with E-state index in [-0.39, 0.29) is 12.1 Å². The first kappa shape index (κ1) is 15.2. The van der Waals surface area contributed by atoms with Gasteiger partial charge in [-0.2, -0.15) is 0 Å². The first-order chi connectivity index (χ1) is 10.1. The van der Waals surface area contributed by atoms with Crippen LogP contribution in [0.5, 0.6) is 5.75 Å². The van der Waals surface area contributed by atoms with Crippen LogP contribution in [-0.4, -0.2) is 13.1 Å². The SMILES string of the molecule is COc1ccc(C(C)NC(=O)Nc2cccc(Cl)c2)cc1. The average Bonchev–Trinajstić information content (AvgIpc) is 2.47. The lowest BCUT2D eigenvalue weighted by Gasteiger charge is -2.15. The molecular formula is C16H17ClN2O2. The molecule has 0 bridgehead atoms. The number of halogens is 1. The highest BCUT2D eigenvalue weighted by Crippen LogP contribution is 2.18. The molecule has 2 aromatic carbocycles. The third kappa shape index (κ3) is 4.39. The minimum Gasteiger partial charge on any atom is -0.497 e. The van der Waals surface area contributed by atoms with Crippen molar-refractivity contribution < 1.29 is 9.53 Å². The van der Waals surface area contributed by atoms with Crippen LogP contribution in [0.25, 0.3) is 0 Å². The second kappa shape index (κ2) is 6.99. The van der Waals surface area contributed by atoms with Gasteiger partial charge in [-0.25, -0.2) is 4.79 Å². The number of methoxy groups -OCH3 is 1. The summed E-state index contributed by atoms with van der Waals surface area (Å²) in [6.07, 6.45) is 0. The van der Waals surface area contributed by atoms with Crippen molar-refractivity contribution in [1.29, 1.82) is 0 Å². The van der Waals surface area contributed by atoms with Crippen LogP contribution < -0.4 is 15.4 Å². The van der Waals surface area contributed by atoms with E-state index in [4.69, 9.17) is 16.3 Å². The summed E-state index contributed by atoms with van der Waals surface area (Å²) in [5.41, 5.74) is 1.65. The summed E-state index contributed by atoms with van der Waals surface area (Å²) in [5.74, 6) is 0.786. The zero-order chi connectivity index (χ0) is 15.2. The number of carbonyl (C=O) groups excluding carboxylic acids is 1. The Morgan fingerprint density at radius 3 is 2.52 bits per heavy atom. The molecule has 0 aromatic heterocycles. The molecule has 1 unspecified atom stereocenters. The van der Waals surface area contributed by atoms with Gasteiger partial charge >= 0.3 is 6.03 Å². The lowest BCUT2D eigenvalue weighted by molar-refractivity contribution is 0.249. The van der Waals surface area contributed by atoms with Crippen LogP contribution in [0.2, 0.25) is 5.02 Å². The highest BCUT2D eigenvalue weighted by atomic mass is 35.5. The van der Waals surface area contributed by atoms with E-state index in [0.717, 1.165) is 11.3 Å². The van der Waals surface area contributed by atoms with Gasteiger partial charge in [0.15, 0.2) is 0 Å². The largest absolute Gasteiger partial charge is 0.497 e. The van der Waals surface area contributed by atoms with Crippen molar-refractivity contribution >= 4 is 23.3 Å². The number of anilines is 1. The number of rotatable bonds is 4. The van der Waals surface area contributed by atoms with Gasteiger partial charge in [0.2, 0.25) is 0 Å². The van der Waals surface area contributed by atoms with Crippen molar-refractivity contribution in [2.75, 3.05) is 12.4 Å². The third-order valence-corrected chi connectivity index (χ3v) is 3.28. The fourth-order valence-electron chi connectivity index (χ4n) is 1.91. The minimum absolute atomic E-state index is 0.116. The Balaban J connectivity index is 1.95. The molecule has 0 saturated heterocycles. The van der Waals surface area contributed by atoms with E-state index in [1.165, 1.54) is 0 Å². The molecule has 0 aliphatic carbocycles. The van der Waals surface area contributed by atoms with Crippen molar-refractivity contribution in [3.63, 3.8) is 0 Å². The Labute approximate surface area is 129 Å². The van der Waals surface area contributed by atoms with E-state index in [0.29, 0.717) is 10.7 Å². The fourth-order valence-corrected chi connectivity index (χ4v) is 2.10. The van der Waals surface area contributed by atoms with Gasteiger partial charge in [-0.1, -0.05) is 29.8 Å². The quantitative estimate of drug-likeness (QED) is 0.888. The Morgan fingerprint density at radius 1 is 1.19 bits per heavy atom.